The van der Waals surface area contributed by atoms with E-state index in [4.69, 9.17) is 9.15 Å². The highest BCUT2D eigenvalue weighted by Crippen LogP contribution is 2.36. The van der Waals surface area contributed by atoms with Crippen molar-refractivity contribution in [3.05, 3.63) is 65.3 Å². The first-order valence-corrected chi connectivity index (χ1v) is 7.30. The summed E-state index contributed by atoms with van der Waals surface area (Å²) < 4.78 is 12.7. The minimum atomic E-state index is 0.533. The summed E-state index contributed by atoms with van der Waals surface area (Å²) in [7, 11) is 0. The molecule has 0 saturated heterocycles. The molecule has 0 saturated carbocycles. The first-order valence-electron chi connectivity index (χ1n) is 6.51. The lowest BCUT2D eigenvalue weighted by atomic mass is 10.1. The Bertz CT molecular complexity index is 928. The molecule has 21 heavy (non-hydrogen) atoms. The zero-order chi connectivity index (χ0) is 14.2. The van der Waals surface area contributed by atoms with E-state index in [0.717, 1.165) is 26.4 Å². The van der Waals surface area contributed by atoms with Gasteiger partial charge >= 0.3 is 0 Å². The number of aromatic nitrogens is 1. The first kappa shape index (κ1) is 12.4. The van der Waals surface area contributed by atoms with Gasteiger partial charge in [-0.3, -0.25) is 0 Å². The van der Waals surface area contributed by atoms with Crippen LogP contribution in [-0.4, -0.2) is 4.98 Å². The van der Waals surface area contributed by atoms with Crippen LogP contribution in [0.25, 0.3) is 21.9 Å². The number of benzene rings is 2. The normalized spacial score (nSPS) is 11.1. The van der Waals surface area contributed by atoms with Crippen molar-refractivity contribution in [3.63, 3.8) is 0 Å². The molecule has 0 aliphatic heterocycles. The lowest BCUT2D eigenvalue weighted by Gasteiger charge is -2.04. The average molecular weight is 340 g/mol. The van der Waals surface area contributed by atoms with Gasteiger partial charge in [-0.15, -0.1) is 0 Å². The quantitative estimate of drug-likeness (QED) is 0.481. The van der Waals surface area contributed by atoms with Crippen LogP contribution in [0.3, 0.4) is 0 Å². The van der Waals surface area contributed by atoms with Gasteiger partial charge in [-0.05, 0) is 34.1 Å². The number of para-hydroxylation sites is 2. The second kappa shape index (κ2) is 4.90. The van der Waals surface area contributed by atoms with Gasteiger partial charge in [0.2, 0.25) is 5.88 Å². The molecule has 4 heteroatoms. The predicted octanol–water partition coefficient (Wildman–Crippen LogP) is 5.54. The van der Waals surface area contributed by atoms with Gasteiger partial charge < -0.3 is 9.15 Å². The van der Waals surface area contributed by atoms with E-state index < -0.39 is 0 Å². The average Bonchev–Trinajstić information content (AvgIpc) is 2.89. The second-order valence-electron chi connectivity index (χ2n) is 4.65. The van der Waals surface area contributed by atoms with Crippen LogP contribution in [0.5, 0.6) is 11.6 Å². The van der Waals surface area contributed by atoms with Crippen molar-refractivity contribution in [1.82, 2.24) is 4.98 Å². The second-order valence-corrected chi connectivity index (χ2v) is 5.56. The molecular weight excluding hydrogens is 330 g/mol. The van der Waals surface area contributed by atoms with Crippen LogP contribution >= 0.6 is 15.9 Å². The molecule has 4 aromatic rings. The Morgan fingerprint density at radius 2 is 1.76 bits per heavy atom. The Hall–Kier alpha value is -2.33. The molecule has 2 heterocycles. The van der Waals surface area contributed by atoms with Crippen molar-refractivity contribution in [2.75, 3.05) is 0 Å². The number of halogens is 1. The number of nitrogens with zero attached hydrogens (tertiary/aromatic N) is 1. The van der Waals surface area contributed by atoms with Crippen molar-refractivity contribution < 1.29 is 9.15 Å². The number of furan rings is 1. The third-order valence-electron chi connectivity index (χ3n) is 3.28. The number of rotatable bonds is 2. The van der Waals surface area contributed by atoms with E-state index in [1.165, 1.54) is 0 Å². The van der Waals surface area contributed by atoms with Crippen molar-refractivity contribution in [2.45, 2.75) is 0 Å². The number of pyridine rings is 1. The number of hydrogen-bond donors (Lipinski definition) is 0. The molecule has 0 N–H and O–H groups in total. The van der Waals surface area contributed by atoms with Gasteiger partial charge in [0.15, 0.2) is 11.3 Å². The smallest absolute Gasteiger partial charge is 0.219 e. The monoisotopic (exact) mass is 339 g/mol. The largest absolute Gasteiger partial charge is 0.452 e. The molecular formula is C17H10BrNO2. The number of ether oxygens (including phenoxy) is 1. The summed E-state index contributed by atoms with van der Waals surface area (Å²) >= 11 is 3.36. The Morgan fingerprint density at radius 3 is 2.62 bits per heavy atom. The lowest BCUT2D eigenvalue weighted by Crippen LogP contribution is -1.87. The molecule has 0 amide bonds. The van der Waals surface area contributed by atoms with Crippen LogP contribution in [0.1, 0.15) is 0 Å². The standard InChI is InChI=1S/C17H10BrNO2/c18-11-8-9-16(19-10-11)20-15-7-3-5-13-12-4-1-2-6-14(12)21-17(13)15/h1-10H. The van der Waals surface area contributed by atoms with Gasteiger partial charge in [-0.1, -0.05) is 30.3 Å². The van der Waals surface area contributed by atoms with Crippen LogP contribution in [0.4, 0.5) is 0 Å². The Kier molecular flexibility index (Phi) is 2.89. The fourth-order valence-corrected chi connectivity index (χ4v) is 2.57. The van der Waals surface area contributed by atoms with Gasteiger partial charge in [-0.25, -0.2) is 4.98 Å². The van der Waals surface area contributed by atoms with E-state index in [-0.39, 0.29) is 0 Å². The molecule has 2 aromatic carbocycles. The van der Waals surface area contributed by atoms with E-state index >= 15 is 0 Å². The first-order chi connectivity index (χ1) is 10.3. The maximum Gasteiger partial charge on any atom is 0.219 e. The lowest BCUT2D eigenvalue weighted by molar-refractivity contribution is 0.458. The zero-order valence-corrected chi connectivity index (χ0v) is 12.5. The fraction of sp³-hybridized carbons (Fsp3) is 0. The molecule has 0 fully saturated rings. The highest BCUT2D eigenvalue weighted by molar-refractivity contribution is 9.10. The van der Waals surface area contributed by atoms with Crippen LogP contribution in [0.2, 0.25) is 0 Å². The zero-order valence-electron chi connectivity index (χ0n) is 10.9. The molecule has 2 aromatic heterocycles. The van der Waals surface area contributed by atoms with Crippen LogP contribution in [0, 0.1) is 0 Å². The third-order valence-corrected chi connectivity index (χ3v) is 3.75. The topological polar surface area (TPSA) is 35.3 Å². The molecule has 0 spiro atoms. The van der Waals surface area contributed by atoms with E-state index in [9.17, 15) is 0 Å². The molecule has 0 bridgehead atoms. The van der Waals surface area contributed by atoms with E-state index in [0.29, 0.717) is 11.6 Å². The van der Waals surface area contributed by atoms with Gasteiger partial charge in [0.25, 0.3) is 0 Å². The predicted molar refractivity (Wildman–Crippen MR) is 85.7 cm³/mol. The molecule has 102 valence electrons. The Morgan fingerprint density at radius 1 is 0.905 bits per heavy atom. The fourth-order valence-electron chi connectivity index (χ4n) is 2.34. The molecule has 0 unspecified atom stereocenters. The van der Waals surface area contributed by atoms with Gasteiger partial charge in [0, 0.05) is 27.5 Å². The SMILES string of the molecule is Brc1ccc(Oc2cccc3c2oc2ccccc23)nc1. The van der Waals surface area contributed by atoms with E-state index in [2.05, 4.69) is 20.9 Å². The third kappa shape index (κ3) is 2.17. The molecule has 0 aliphatic rings. The van der Waals surface area contributed by atoms with Crippen molar-refractivity contribution in [3.8, 4) is 11.6 Å². The molecule has 0 atom stereocenters. The molecule has 4 rings (SSSR count). The Balaban J connectivity index is 1.86. The number of hydrogen-bond acceptors (Lipinski definition) is 3. The summed E-state index contributed by atoms with van der Waals surface area (Å²) in [5.74, 6) is 1.20. The van der Waals surface area contributed by atoms with Crippen LogP contribution in [-0.2, 0) is 0 Å². The van der Waals surface area contributed by atoms with Crippen LogP contribution in [0.15, 0.2) is 69.7 Å². The summed E-state index contributed by atoms with van der Waals surface area (Å²) in [4.78, 5) is 4.22. The van der Waals surface area contributed by atoms with Crippen molar-refractivity contribution >= 4 is 37.9 Å². The van der Waals surface area contributed by atoms with Crippen molar-refractivity contribution in [2.24, 2.45) is 0 Å². The van der Waals surface area contributed by atoms with E-state index in [1.54, 1.807) is 6.20 Å². The summed E-state index contributed by atoms with van der Waals surface area (Å²) in [6.45, 7) is 0. The summed E-state index contributed by atoms with van der Waals surface area (Å²) in [6.07, 6.45) is 1.70. The minimum Gasteiger partial charge on any atom is -0.452 e. The highest BCUT2D eigenvalue weighted by Gasteiger charge is 2.11. The number of fused-ring (bicyclic) bond motifs is 3. The molecule has 3 nitrogen and oxygen atoms in total. The summed E-state index contributed by atoms with van der Waals surface area (Å²) in [5, 5.41) is 2.13. The van der Waals surface area contributed by atoms with E-state index in [1.807, 2.05) is 54.6 Å². The maximum absolute atomic E-state index is 5.92. The van der Waals surface area contributed by atoms with Crippen LogP contribution < -0.4 is 4.74 Å². The summed E-state index contributed by atoms with van der Waals surface area (Å²) in [5.41, 5.74) is 1.59. The molecule has 0 aliphatic carbocycles. The van der Waals surface area contributed by atoms with Gasteiger partial charge in [0.1, 0.15) is 5.58 Å². The minimum absolute atomic E-state index is 0.533. The van der Waals surface area contributed by atoms with Crippen molar-refractivity contribution in [1.29, 1.82) is 0 Å². The summed E-state index contributed by atoms with van der Waals surface area (Å²) in [6, 6.07) is 17.5. The molecule has 0 radical (unpaired) electrons. The Labute approximate surface area is 129 Å². The highest BCUT2D eigenvalue weighted by atomic mass is 79.9. The van der Waals surface area contributed by atoms with Gasteiger partial charge in [-0.2, -0.15) is 0 Å². The maximum atomic E-state index is 5.92. The van der Waals surface area contributed by atoms with Gasteiger partial charge in [0.05, 0.1) is 0 Å².